The summed E-state index contributed by atoms with van der Waals surface area (Å²) in [7, 11) is 0. The van der Waals surface area contributed by atoms with E-state index in [1.807, 2.05) is 48.2 Å². The minimum absolute atomic E-state index is 0.0355. The second-order valence-corrected chi connectivity index (χ2v) is 7.34. The van der Waals surface area contributed by atoms with Gasteiger partial charge < -0.3 is 13.7 Å². The standard InChI is InChI=1S/C22H20N4O3/c1-14-7-8-16-15(13-28-19(16)11-14)12-20(27)26-10-4-6-18(26)22-25-24-21(29-22)17-5-2-3-9-23-17/h2-3,5,7-9,11,13,18H,4,6,10,12H2,1H3/t18-/m0/s1. The Kier molecular flexibility index (Phi) is 4.35. The molecule has 0 spiro atoms. The summed E-state index contributed by atoms with van der Waals surface area (Å²) in [6.45, 7) is 2.70. The largest absolute Gasteiger partial charge is 0.464 e. The van der Waals surface area contributed by atoms with Crippen LogP contribution in [0.4, 0.5) is 0 Å². The highest BCUT2D eigenvalue weighted by molar-refractivity contribution is 5.88. The van der Waals surface area contributed by atoms with Crippen LogP contribution >= 0.6 is 0 Å². The molecular weight excluding hydrogens is 368 g/mol. The van der Waals surface area contributed by atoms with Crippen LogP contribution in [0.5, 0.6) is 0 Å². The van der Waals surface area contributed by atoms with Gasteiger partial charge in [0.2, 0.25) is 11.8 Å². The van der Waals surface area contributed by atoms with Crippen molar-refractivity contribution in [2.75, 3.05) is 6.54 Å². The Balaban J connectivity index is 1.36. The third kappa shape index (κ3) is 3.29. The Morgan fingerprint density at radius 1 is 1.24 bits per heavy atom. The second kappa shape index (κ2) is 7.16. The molecule has 29 heavy (non-hydrogen) atoms. The van der Waals surface area contributed by atoms with Crippen LogP contribution in [-0.2, 0) is 11.2 Å². The van der Waals surface area contributed by atoms with E-state index in [1.165, 1.54) is 0 Å². The third-order valence-corrected chi connectivity index (χ3v) is 5.34. The molecule has 0 unspecified atom stereocenters. The number of fused-ring (bicyclic) bond motifs is 1. The summed E-state index contributed by atoms with van der Waals surface area (Å²) in [6, 6.07) is 11.3. The normalized spacial score (nSPS) is 16.6. The molecule has 3 aromatic heterocycles. The van der Waals surface area contributed by atoms with Gasteiger partial charge in [0.05, 0.1) is 12.7 Å². The number of carbonyl (C=O) groups is 1. The first-order chi connectivity index (χ1) is 14.2. The summed E-state index contributed by atoms with van der Waals surface area (Å²) in [6.07, 6.45) is 5.36. The van der Waals surface area contributed by atoms with Crippen LogP contribution < -0.4 is 0 Å². The first kappa shape index (κ1) is 17.6. The number of furan rings is 1. The Morgan fingerprint density at radius 3 is 3.03 bits per heavy atom. The van der Waals surface area contributed by atoms with Gasteiger partial charge in [-0.15, -0.1) is 10.2 Å². The molecule has 4 aromatic rings. The first-order valence-electron chi connectivity index (χ1n) is 9.70. The number of rotatable bonds is 4. The van der Waals surface area contributed by atoms with Crippen molar-refractivity contribution in [1.29, 1.82) is 0 Å². The molecule has 1 aromatic carbocycles. The van der Waals surface area contributed by atoms with Gasteiger partial charge in [0.25, 0.3) is 5.89 Å². The molecule has 5 rings (SSSR count). The molecule has 7 nitrogen and oxygen atoms in total. The van der Waals surface area contributed by atoms with Gasteiger partial charge in [-0.1, -0.05) is 18.2 Å². The number of nitrogens with zero attached hydrogens (tertiary/aromatic N) is 4. The van der Waals surface area contributed by atoms with E-state index >= 15 is 0 Å². The van der Waals surface area contributed by atoms with Crippen LogP contribution in [-0.4, -0.2) is 32.5 Å². The van der Waals surface area contributed by atoms with Gasteiger partial charge >= 0.3 is 0 Å². The molecule has 146 valence electrons. The number of likely N-dealkylation sites (tertiary alicyclic amines) is 1. The Morgan fingerprint density at radius 2 is 2.17 bits per heavy atom. The molecule has 7 heteroatoms. The quantitative estimate of drug-likeness (QED) is 0.523. The lowest BCUT2D eigenvalue weighted by molar-refractivity contribution is -0.131. The van der Waals surface area contributed by atoms with E-state index in [9.17, 15) is 4.79 Å². The molecule has 1 saturated heterocycles. The van der Waals surface area contributed by atoms with E-state index in [4.69, 9.17) is 8.83 Å². The van der Waals surface area contributed by atoms with E-state index in [1.54, 1.807) is 12.5 Å². The van der Waals surface area contributed by atoms with Crippen molar-refractivity contribution in [2.45, 2.75) is 32.2 Å². The summed E-state index contributed by atoms with van der Waals surface area (Å²) < 4.78 is 11.5. The number of pyridine rings is 1. The van der Waals surface area contributed by atoms with Crippen molar-refractivity contribution in [1.82, 2.24) is 20.1 Å². The van der Waals surface area contributed by atoms with E-state index in [0.29, 0.717) is 24.0 Å². The molecule has 0 N–H and O–H groups in total. The smallest absolute Gasteiger partial charge is 0.266 e. The predicted molar refractivity (Wildman–Crippen MR) is 106 cm³/mol. The van der Waals surface area contributed by atoms with Crippen LogP contribution in [0.3, 0.4) is 0 Å². The second-order valence-electron chi connectivity index (χ2n) is 7.34. The number of amides is 1. The zero-order valence-electron chi connectivity index (χ0n) is 16.0. The number of hydrogen-bond acceptors (Lipinski definition) is 6. The van der Waals surface area contributed by atoms with Crippen LogP contribution in [0.2, 0.25) is 0 Å². The summed E-state index contributed by atoms with van der Waals surface area (Å²) in [5.41, 5.74) is 3.46. The van der Waals surface area contributed by atoms with Crippen molar-refractivity contribution in [2.24, 2.45) is 0 Å². The van der Waals surface area contributed by atoms with Gasteiger partial charge in [-0.05, 0) is 43.5 Å². The topological polar surface area (TPSA) is 85.3 Å². The van der Waals surface area contributed by atoms with Gasteiger partial charge in [0.1, 0.15) is 17.3 Å². The minimum atomic E-state index is -0.201. The minimum Gasteiger partial charge on any atom is -0.464 e. The fraction of sp³-hybridized carbons (Fsp3) is 0.273. The fourth-order valence-electron chi connectivity index (χ4n) is 3.88. The highest BCUT2D eigenvalue weighted by Gasteiger charge is 2.34. The molecule has 1 amide bonds. The summed E-state index contributed by atoms with van der Waals surface area (Å²) in [5, 5.41) is 9.29. The summed E-state index contributed by atoms with van der Waals surface area (Å²) in [4.78, 5) is 19.1. The van der Waals surface area contributed by atoms with Crippen LogP contribution in [0.1, 0.15) is 35.9 Å². The SMILES string of the molecule is Cc1ccc2c(CC(=O)N3CCC[C@H]3c3nnc(-c4ccccn4)o3)coc2c1. The van der Waals surface area contributed by atoms with Gasteiger partial charge in [-0.2, -0.15) is 0 Å². The van der Waals surface area contributed by atoms with E-state index in [-0.39, 0.29) is 18.4 Å². The van der Waals surface area contributed by atoms with Crippen LogP contribution in [0.25, 0.3) is 22.6 Å². The number of hydrogen-bond donors (Lipinski definition) is 0. The first-order valence-corrected chi connectivity index (χ1v) is 9.70. The highest BCUT2D eigenvalue weighted by atomic mass is 16.4. The van der Waals surface area contributed by atoms with Crippen molar-refractivity contribution < 1.29 is 13.6 Å². The van der Waals surface area contributed by atoms with E-state index in [2.05, 4.69) is 15.2 Å². The average Bonchev–Trinajstić information content (AvgIpc) is 3.48. The number of aromatic nitrogens is 3. The summed E-state index contributed by atoms with van der Waals surface area (Å²) >= 11 is 0. The molecule has 0 aliphatic carbocycles. The lowest BCUT2D eigenvalue weighted by atomic mass is 10.1. The maximum atomic E-state index is 13.1. The molecule has 1 fully saturated rings. The van der Waals surface area contributed by atoms with Gasteiger partial charge in [-0.25, -0.2) is 0 Å². The van der Waals surface area contributed by atoms with Gasteiger partial charge in [0, 0.05) is 23.7 Å². The lowest BCUT2D eigenvalue weighted by Gasteiger charge is -2.21. The maximum absolute atomic E-state index is 13.1. The zero-order chi connectivity index (χ0) is 19.8. The molecule has 0 radical (unpaired) electrons. The van der Waals surface area contributed by atoms with Crippen molar-refractivity contribution in [3.63, 3.8) is 0 Å². The zero-order valence-corrected chi connectivity index (χ0v) is 16.0. The predicted octanol–water partition coefficient (Wildman–Crippen LogP) is 4.09. The number of carbonyl (C=O) groups excluding carboxylic acids is 1. The molecule has 0 bridgehead atoms. The molecule has 1 aliphatic rings. The van der Waals surface area contributed by atoms with Crippen molar-refractivity contribution >= 4 is 16.9 Å². The Hall–Kier alpha value is -3.48. The van der Waals surface area contributed by atoms with E-state index < -0.39 is 0 Å². The van der Waals surface area contributed by atoms with Crippen molar-refractivity contribution in [3.8, 4) is 11.6 Å². The molecule has 1 aliphatic heterocycles. The summed E-state index contributed by atoms with van der Waals surface area (Å²) in [5.74, 6) is 0.869. The number of benzene rings is 1. The molecular formula is C22H20N4O3. The third-order valence-electron chi connectivity index (χ3n) is 5.34. The number of aryl methyl sites for hydroxylation is 1. The Bertz CT molecular complexity index is 1170. The van der Waals surface area contributed by atoms with Gasteiger partial charge in [0.15, 0.2) is 0 Å². The molecule has 0 saturated carbocycles. The molecule has 4 heterocycles. The average molecular weight is 388 g/mol. The monoisotopic (exact) mass is 388 g/mol. The maximum Gasteiger partial charge on any atom is 0.266 e. The molecule has 1 atom stereocenters. The van der Waals surface area contributed by atoms with Gasteiger partial charge in [-0.3, -0.25) is 9.78 Å². The highest BCUT2D eigenvalue weighted by Crippen LogP contribution is 2.33. The fourth-order valence-corrected chi connectivity index (χ4v) is 3.88. The van der Waals surface area contributed by atoms with Crippen LogP contribution in [0.15, 0.2) is 57.7 Å². The lowest BCUT2D eigenvalue weighted by Crippen LogP contribution is -2.32. The Labute approximate surface area is 167 Å². The van der Waals surface area contributed by atoms with E-state index in [0.717, 1.165) is 34.9 Å². The van der Waals surface area contributed by atoms with Crippen molar-refractivity contribution in [3.05, 3.63) is 65.9 Å². The van der Waals surface area contributed by atoms with Crippen LogP contribution in [0, 0.1) is 6.92 Å².